The van der Waals surface area contributed by atoms with Crippen molar-refractivity contribution in [3.05, 3.63) is 34.4 Å². The molecule has 0 aromatic heterocycles. The van der Waals surface area contributed by atoms with Crippen molar-refractivity contribution in [3.8, 4) is 5.75 Å². The summed E-state index contributed by atoms with van der Waals surface area (Å²) in [4.78, 5) is 11.4. The number of Topliss-reactive ketones (excluding diaryl/α,β-unsaturated/α-hetero) is 1. The predicted octanol–water partition coefficient (Wildman–Crippen LogP) is 3.33. The van der Waals surface area contributed by atoms with Crippen molar-refractivity contribution in [2.45, 2.75) is 27.7 Å². The van der Waals surface area contributed by atoms with Gasteiger partial charge in [-0.1, -0.05) is 17.7 Å². The number of carbonyl (C=O) groups excluding carboxylic acids is 1. The minimum Gasteiger partial charge on any atom is -0.507 e. The van der Waals surface area contributed by atoms with Gasteiger partial charge in [-0.2, -0.15) is 0 Å². The van der Waals surface area contributed by atoms with Crippen LogP contribution in [0.5, 0.6) is 5.75 Å². The average molecular weight is 204 g/mol. The highest BCUT2D eigenvalue weighted by atomic mass is 16.3. The number of allylic oxidation sites excluding steroid dienone is 1. The molecule has 0 spiro atoms. The summed E-state index contributed by atoms with van der Waals surface area (Å²) in [5, 5.41) is 9.71. The topological polar surface area (TPSA) is 37.3 Å². The summed E-state index contributed by atoms with van der Waals surface area (Å²) in [5.41, 5.74) is 3.24. The fourth-order valence-electron chi connectivity index (χ4n) is 1.60. The van der Waals surface area contributed by atoms with Crippen LogP contribution in [0.3, 0.4) is 0 Å². The highest BCUT2D eigenvalue weighted by Crippen LogP contribution is 2.25. The van der Waals surface area contributed by atoms with Crippen molar-refractivity contribution < 1.29 is 9.90 Å². The number of phenols is 1. The molecule has 1 N–H and O–H groups in total. The minimum absolute atomic E-state index is 0.0648. The molecule has 1 aromatic carbocycles. The van der Waals surface area contributed by atoms with Crippen LogP contribution in [0, 0.1) is 6.92 Å². The van der Waals surface area contributed by atoms with Crippen LogP contribution in [0.25, 0.3) is 6.08 Å². The smallest absolute Gasteiger partial charge is 0.164 e. The third kappa shape index (κ3) is 2.69. The number of aryl methyl sites for hydroxylation is 1. The molecular formula is C13H16O2. The van der Waals surface area contributed by atoms with E-state index < -0.39 is 0 Å². The molecular weight excluding hydrogens is 188 g/mol. The van der Waals surface area contributed by atoms with Crippen molar-refractivity contribution in [1.29, 1.82) is 0 Å². The first-order chi connectivity index (χ1) is 6.91. The molecule has 15 heavy (non-hydrogen) atoms. The summed E-state index contributed by atoms with van der Waals surface area (Å²) in [7, 11) is 0. The number of benzene rings is 1. The molecule has 0 fully saturated rings. The predicted molar refractivity (Wildman–Crippen MR) is 62.2 cm³/mol. The lowest BCUT2D eigenvalue weighted by atomic mass is 9.99. The van der Waals surface area contributed by atoms with Gasteiger partial charge in [-0.3, -0.25) is 4.79 Å². The number of phenolic OH excluding ortho intramolecular Hbond substituents is 1. The van der Waals surface area contributed by atoms with E-state index in [9.17, 15) is 9.90 Å². The molecule has 0 amide bonds. The normalized spacial score (nSPS) is 9.87. The molecule has 2 nitrogen and oxygen atoms in total. The number of rotatable bonds is 2. The molecule has 0 radical (unpaired) electrons. The van der Waals surface area contributed by atoms with Crippen molar-refractivity contribution in [2.24, 2.45) is 0 Å². The quantitative estimate of drug-likeness (QED) is 0.750. The van der Waals surface area contributed by atoms with Crippen LogP contribution in [0.2, 0.25) is 0 Å². The van der Waals surface area contributed by atoms with Crippen molar-refractivity contribution in [2.75, 3.05) is 0 Å². The van der Waals surface area contributed by atoms with E-state index in [1.54, 1.807) is 6.07 Å². The molecule has 0 saturated heterocycles. The summed E-state index contributed by atoms with van der Waals surface area (Å²) in [6, 6.07) is 3.52. The zero-order valence-electron chi connectivity index (χ0n) is 9.59. The summed E-state index contributed by atoms with van der Waals surface area (Å²) >= 11 is 0. The minimum atomic E-state index is -0.111. The van der Waals surface area contributed by atoms with E-state index in [0.29, 0.717) is 5.56 Å². The van der Waals surface area contributed by atoms with Gasteiger partial charge in [0.2, 0.25) is 0 Å². The molecule has 1 rings (SSSR count). The Balaban J connectivity index is 3.47. The third-order valence-electron chi connectivity index (χ3n) is 2.09. The van der Waals surface area contributed by atoms with Crippen molar-refractivity contribution in [3.63, 3.8) is 0 Å². The number of hydrogen-bond acceptors (Lipinski definition) is 2. The molecule has 0 aliphatic carbocycles. The first-order valence-electron chi connectivity index (χ1n) is 4.91. The average Bonchev–Trinajstić information content (AvgIpc) is 1.99. The molecule has 1 aromatic rings. The van der Waals surface area contributed by atoms with Crippen molar-refractivity contribution >= 4 is 11.9 Å². The Morgan fingerprint density at radius 2 is 1.87 bits per heavy atom. The molecule has 0 saturated carbocycles. The lowest BCUT2D eigenvalue weighted by Crippen LogP contribution is -1.97. The van der Waals surface area contributed by atoms with Crippen LogP contribution >= 0.6 is 0 Å². The largest absolute Gasteiger partial charge is 0.507 e. The van der Waals surface area contributed by atoms with Crippen LogP contribution in [-0.2, 0) is 0 Å². The third-order valence-corrected chi connectivity index (χ3v) is 2.09. The lowest BCUT2D eigenvalue weighted by Gasteiger charge is -2.07. The summed E-state index contributed by atoms with van der Waals surface area (Å²) in [5.74, 6) is -0.0463. The van der Waals surface area contributed by atoms with Crippen LogP contribution in [0.1, 0.15) is 42.3 Å². The van der Waals surface area contributed by atoms with Crippen LogP contribution in [0.4, 0.5) is 0 Å². The highest BCUT2D eigenvalue weighted by molar-refractivity contribution is 6.00. The molecule has 2 heteroatoms. The monoisotopic (exact) mass is 204 g/mol. The van der Waals surface area contributed by atoms with E-state index in [1.165, 1.54) is 6.92 Å². The van der Waals surface area contributed by atoms with E-state index >= 15 is 0 Å². The Morgan fingerprint density at radius 3 is 2.33 bits per heavy atom. The molecule has 0 aliphatic rings. The van der Waals surface area contributed by atoms with Crippen LogP contribution in [0.15, 0.2) is 17.7 Å². The van der Waals surface area contributed by atoms with Gasteiger partial charge >= 0.3 is 0 Å². The number of aromatic hydroxyl groups is 1. The SMILES string of the molecule is CC(=O)c1c(O)cc(C)cc1C=C(C)C. The van der Waals surface area contributed by atoms with Gasteiger partial charge in [0.15, 0.2) is 5.78 Å². The Bertz CT molecular complexity index is 424. The number of carbonyl (C=O) groups is 1. The maximum absolute atomic E-state index is 11.4. The maximum atomic E-state index is 11.4. The Kier molecular flexibility index (Phi) is 3.30. The van der Waals surface area contributed by atoms with E-state index in [2.05, 4.69) is 0 Å². The molecule has 0 atom stereocenters. The zero-order valence-corrected chi connectivity index (χ0v) is 9.59. The van der Waals surface area contributed by atoms with Crippen LogP contribution in [-0.4, -0.2) is 10.9 Å². The number of ketones is 1. The Hall–Kier alpha value is -1.57. The van der Waals surface area contributed by atoms with Gasteiger partial charge < -0.3 is 5.11 Å². The second kappa shape index (κ2) is 4.30. The van der Waals surface area contributed by atoms with Gasteiger partial charge in [0.25, 0.3) is 0 Å². The standard InChI is InChI=1S/C13H16O2/c1-8(2)5-11-6-9(3)7-12(15)13(11)10(4)14/h5-7,15H,1-4H3. The van der Waals surface area contributed by atoms with Gasteiger partial charge in [0, 0.05) is 0 Å². The summed E-state index contributed by atoms with van der Waals surface area (Å²) < 4.78 is 0. The Labute approximate surface area is 90.3 Å². The molecule has 0 aliphatic heterocycles. The highest BCUT2D eigenvalue weighted by Gasteiger charge is 2.11. The van der Waals surface area contributed by atoms with E-state index in [0.717, 1.165) is 16.7 Å². The van der Waals surface area contributed by atoms with Crippen molar-refractivity contribution in [1.82, 2.24) is 0 Å². The molecule has 0 bridgehead atoms. The summed E-state index contributed by atoms with van der Waals surface area (Å²) in [6.45, 7) is 7.28. The molecule has 0 unspecified atom stereocenters. The number of hydrogen-bond donors (Lipinski definition) is 1. The first kappa shape index (κ1) is 11.5. The lowest BCUT2D eigenvalue weighted by molar-refractivity contribution is 0.101. The fraction of sp³-hybridized carbons (Fsp3) is 0.308. The van der Waals surface area contributed by atoms with Gasteiger partial charge in [-0.15, -0.1) is 0 Å². The summed E-state index contributed by atoms with van der Waals surface area (Å²) in [6.07, 6.45) is 1.91. The molecule has 80 valence electrons. The van der Waals surface area contributed by atoms with E-state index in [1.807, 2.05) is 32.9 Å². The van der Waals surface area contributed by atoms with Gasteiger partial charge in [0.1, 0.15) is 5.75 Å². The van der Waals surface area contributed by atoms with Gasteiger partial charge in [-0.25, -0.2) is 0 Å². The van der Waals surface area contributed by atoms with Crippen LogP contribution < -0.4 is 0 Å². The maximum Gasteiger partial charge on any atom is 0.164 e. The fourth-order valence-corrected chi connectivity index (χ4v) is 1.60. The van der Waals surface area contributed by atoms with E-state index in [4.69, 9.17) is 0 Å². The first-order valence-corrected chi connectivity index (χ1v) is 4.91. The van der Waals surface area contributed by atoms with E-state index in [-0.39, 0.29) is 11.5 Å². The second-order valence-corrected chi connectivity index (χ2v) is 4.03. The Morgan fingerprint density at radius 1 is 1.27 bits per heavy atom. The van der Waals surface area contributed by atoms with Gasteiger partial charge in [-0.05, 0) is 44.9 Å². The van der Waals surface area contributed by atoms with Gasteiger partial charge in [0.05, 0.1) is 5.56 Å². The molecule has 0 heterocycles. The zero-order chi connectivity index (χ0) is 11.6. The second-order valence-electron chi connectivity index (χ2n) is 4.03.